The molecule has 0 saturated carbocycles. The lowest BCUT2D eigenvalue weighted by atomic mass is 10.1. The number of hydrogen-bond donors (Lipinski definition) is 0. The summed E-state index contributed by atoms with van der Waals surface area (Å²) in [7, 11) is 3.07. The maximum Gasteiger partial charge on any atom is 0.337 e. The van der Waals surface area contributed by atoms with Crippen LogP contribution in [0.4, 0.5) is 4.79 Å². The highest BCUT2D eigenvalue weighted by Crippen LogP contribution is 2.28. The van der Waals surface area contributed by atoms with Gasteiger partial charge in [-0.1, -0.05) is 6.07 Å². The highest BCUT2D eigenvalue weighted by Gasteiger charge is 2.31. The summed E-state index contributed by atoms with van der Waals surface area (Å²) in [6, 6.07) is 5.19. The van der Waals surface area contributed by atoms with Crippen molar-refractivity contribution in [3.63, 3.8) is 0 Å². The van der Waals surface area contributed by atoms with Crippen molar-refractivity contribution in [1.29, 1.82) is 0 Å². The average molecular weight is 362 g/mol. The third-order valence-corrected chi connectivity index (χ3v) is 5.13. The zero-order chi connectivity index (χ0) is 18.7. The van der Waals surface area contributed by atoms with Gasteiger partial charge in [0.2, 0.25) is 0 Å². The molecule has 142 valence electrons. The van der Waals surface area contributed by atoms with Crippen molar-refractivity contribution in [2.75, 3.05) is 33.9 Å². The number of amides is 2. The predicted octanol–water partition coefficient (Wildman–Crippen LogP) is 2.29. The number of methoxy groups -OCH3 is 2. The summed E-state index contributed by atoms with van der Waals surface area (Å²) in [4.78, 5) is 28.5. The van der Waals surface area contributed by atoms with Crippen LogP contribution in [0.25, 0.3) is 0 Å². The van der Waals surface area contributed by atoms with Crippen molar-refractivity contribution in [2.45, 2.75) is 38.5 Å². The first-order valence-electron chi connectivity index (χ1n) is 8.96. The summed E-state index contributed by atoms with van der Waals surface area (Å²) in [6.45, 7) is 4.23. The van der Waals surface area contributed by atoms with E-state index in [0.29, 0.717) is 37.6 Å². The summed E-state index contributed by atoms with van der Waals surface area (Å²) in [5.74, 6) is 0.232. The minimum Gasteiger partial charge on any atom is -0.491 e. The van der Waals surface area contributed by atoms with Crippen molar-refractivity contribution in [2.24, 2.45) is 0 Å². The molecule has 0 unspecified atom stereocenters. The van der Waals surface area contributed by atoms with E-state index in [2.05, 4.69) is 0 Å². The number of carbonyl (C=O) groups is 2. The molecule has 7 heteroatoms. The molecular weight excluding hydrogens is 336 g/mol. The molecule has 1 fully saturated rings. The number of urea groups is 1. The van der Waals surface area contributed by atoms with Gasteiger partial charge in [-0.2, -0.15) is 0 Å². The van der Waals surface area contributed by atoms with E-state index in [1.54, 1.807) is 19.2 Å². The topological polar surface area (TPSA) is 68.3 Å². The summed E-state index contributed by atoms with van der Waals surface area (Å²) in [5, 5.41) is 0. The molecule has 1 aromatic rings. The highest BCUT2D eigenvalue weighted by molar-refractivity contribution is 5.90. The Bertz CT molecular complexity index is 670. The van der Waals surface area contributed by atoms with Gasteiger partial charge in [-0.3, -0.25) is 0 Å². The van der Waals surface area contributed by atoms with Crippen molar-refractivity contribution < 1.29 is 23.8 Å². The summed E-state index contributed by atoms with van der Waals surface area (Å²) in [5.41, 5.74) is 1.34. The van der Waals surface area contributed by atoms with E-state index < -0.39 is 5.97 Å². The van der Waals surface area contributed by atoms with Gasteiger partial charge in [0.25, 0.3) is 0 Å². The van der Waals surface area contributed by atoms with E-state index in [4.69, 9.17) is 14.2 Å². The fourth-order valence-electron chi connectivity index (χ4n) is 3.42. The summed E-state index contributed by atoms with van der Waals surface area (Å²) in [6.07, 6.45) is 1.96. The van der Waals surface area contributed by atoms with Gasteiger partial charge in [0, 0.05) is 25.8 Å². The monoisotopic (exact) mass is 362 g/mol. The Hall–Kier alpha value is -2.28. The number of esters is 1. The second-order valence-corrected chi connectivity index (χ2v) is 6.81. The molecule has 26 heavy (non-hydrogen) atoms. The number of nitrogens with zero attached hydrogens (tertiary/aromatic N) is 2. The van der Waals surface area contributed by atoms with Gasteiger partial charge >= 0.3 is 12.0 Å². The number of piperidine rings is 1. The average Bonchev–Trinajstić information content (AvgIpc) is 2.85. The molecule has 1 aromatic carbocycles. The standard InChI is InChI=1S/C19H26N2O5/c1-13-12-26-17-10-14(18(22)25-3)4-5-15(17)11-21(13)19(23)20-8-6-16(24-2)7-9-20/h4-5,10,13,16H,6-9,11-12H2,1-3H3/t13-/m0/s1. The van der Waals surface area contributed by atoms with E-state index in [1.165, 1.54) is 7.11 Å². The number of ether oxygens (including phenoxy) is 3. The Kier molecular flexibility index (Phi) is 5.66. The molecule has 0 bridgehead atoms. The zero-order valence-corrected chi connectivity index (χ0v) is 15.6. The number of rotatable bonds is 2. The number of fused-ring (bicyclic) bond motifs is 1. The van der Waals surface area contributed by atoms with Gasteiger partial charge < -0.3 is 24.0 Å². The van der Waals surface area contributed by atoms with Crippen LogP contribution >= 0.6 is 0 Å². The van der Waals surface area contributed by atoms with Crippen LogP contribution in [-0.2, 0) is 16.0 Å². The van der Waals surface area contributed by atoms with E-state index in [9.17, 15) is 9.59 Å². The van der Waals surface area contributed by atoms with Crippen molar-refractivity contribution in [3.8, 4) is 5.75 Å². The van der Waals surface area contributed by atoms with Crippen LogP contribution in [0.5, 0.6) is 5.75 Å². The molecule has 0 radical (unpaired) electrons. The summed E-state index contributed by atoms with van der Waals surface area (Å²) < 4.78 is 16.0. The molecule has 0 aromatic heterocycles. The molecule has 0 spiro atoms. The first-order chi connectivity index (χ1) is 12.5. The zero-order valence-electron chi connectivity index (χ0n) is 15.6. The largest absolute Gasteiger partial charge is 0.491 e. The van der Waals surface area contributed by atoms with Crippen molar-refractivity contribution in [3.05, 3.63) is 29.3 Å². The first kappa shape index (κ1) is 18.5. The molecule has 2 heterocycles. The highest BCUT2D eigenvalue weighted by atomic mass is 16.5. The van der Waals surface area contributed by atoms with Crippen LogP contribution < -0.4 is 4.74 Å². The fourth-order valence-corrected chi connectivity index (χ4v) is 3.42. The quantitative estimate of drug-likeness (QED) is 0.755. The molecular formula is C19H26N2O5. The van der Waals surface area contributed by atoms with Crippen molar-refractivity contribution in [1.82, 2.24) is 9.80 Å². The fraction of sp³-hybridized carbons (Fsp3) is 0.579. The maximum atomic E-state index is 13.0. The second-order valence-electron chi connectivity index (χ2n) is 6.81. The number of hydrogen-bond acceptors (Lipinski definition) is 5. The lowest BCUT2D eigenvalue weighted by Crippen LogP contribution is -2.50. The molecule has 0 aliphatic carbocycles. The molecule has 2 aliphatic rings. The van der Waals surface area contributed by atoms with E-state index in [-0.39, 0.29) is 18.2 Å². The van der Waals surface area contributed by atoms with Crippen LogP contribution in [0.15, 0.2) is 18.2 Å². The van der Waals surface area contributed by atoms with Gasteiger partial charge in [-0.15, -0.1) is 0 Å². The minimum absolute atomic E-state index is 0.0283. The van der Waals surface area contributed by atoms with Gasteiger partial charge in [-0.05, 0) is 31.9 Å². The number of likely N-dealkylation sites (tertiary alicyclic amines) is 1. The summed E-state index contributed by atoms with van der Waals surface area (Å²) >= 11 is 0. The second kappa shape index (κ2) is 7.95. The predicted molar refractivity (Wildman–Crippen MR) is 95.3 cm³/mol. The van der Waals surface area contributed by atoms with Crippen LogP contribution in [0, 0.1) is 0 Å². The smallest absolute Gasteiger partial charge is 0.337 e. The Labute approximate surface area is 153 Å². The maximum absolute atomic E-state index is 13.0. The van der Waals surface area contributed by atoms with Gasteiger partial charge in [0.1, 0.15) is 12.4 Å². The van der Waals surface area contributed by atoms with Crippen LogP contribution in [0.1, 0.15) is 35.7 Å². The lowest BCUT2D eigenvalue weighted by molar-refractivity contribution is 0.0407. The molecule has 2 amide bonds. The Morgan fingerprint density at radius 2 is 1.92 bits per heavy atom. The van der Waals surface area contributed by atoms with E-state index >= 15 is 0 Å². The third-order valence-electron chi connectivity index (χ3n) is 5.13. The SMILES string of the molecule is COC(=O)c1ccc2c(c1)OC[C@H](C)N(C(=O)N1CCC(OC)CC1)C2. The molecule has 0 N–H and O–H groups in total. The van der Waals surface area contributed by atoms with Crippen molar-refractivity contribution >= 4 is 12.0 Å². The van der Waals surface area contributed by atoms with Gasteiger partial charge in [-0.25, -0.2) is 9.59 Å². The first-order valence-corrected chi connectivity index (χ1v) is 8.96. The van der Waals surface area contributed by atoms with Gasteiger partial charge in [0.05, 0.1) is 31.4 Å². The minimum atomic E-state index is -0.400. The van der Waals surface area contributed by atoms with Crippen LogP contribution in [0.3, 0.4) is 0 Å². The molecule has 1 atom stereocenters. The van der Waals surface area contributed by atoms with E-state index in [1.807, 2.05) is 22.8 Å². The molecule has 2 aliphatic heterocycles. The van der Waals surface area contributed by atoms with E-state index in [0.717, 1.165) is 18.4 Å². The lowest BCUT2D eigenvalue weighted by Gasteiger charge is -2.36. The molecule has 3 rings (SSSR count). The Morgan fingerprint density at radius 1 is 1.19 bits per heavy atom. The van der Waals surface area contributed by atoms with Crippen LogP contribution in [0.2, 0.25) is 0 Å². The molecule has 1 saturated heterocycles. The normalized spacial score (nSPS) is 20.8. The molecule has 7 nitrogen and oxygen atoms in total. The Balaban J connectivity index is 1.75. The van der Waals surface area contributed by atoms with Gasteiger partial charge in [0.15, 0.2) is 0 Å². The van der Waals surface area contributed by atoms with Crippen LogP contribution in [-0.4, -0.2) is 67.9 Å². The number of carbonyl (C=O) groups excluding carboxylic acids is 2. The number of benzene rings is 1. The third kappa shape index (κ3) is 3.77. The Morgan fingerprint density at radius 3 is 2.58 bits per heavy atom.